The maximum Gasteiger partial charge on any atom is 0.292 e. The molecule has 84 valence electrons. The van der Waals surface area contributed by atoms with E-state index in [2.05, 4.69) is 11.2 Å². The smallest absolute Gasteiger partial charge is 0.292 e. The summed E-state index contributed by atoms with van der Waals surface area (Å²) in [5, 5.41) is 13.8. The van der Waals surface area contributed by atoms with Crippen molar-refractivity contribution in [1.82, 2.24) is 0 Å². The first-order valence-corrected chi connectivity index (χ1v) is 4.87. The van der Waals surface area contributed by atoms with E-state index < -0.39 is 10.5 Å². The monoisotopic (exact) mass is 218 g/mol. The molecule has 4 heteroatoms. The van der Waals surface area contributed by atoms with Crippen molar-refractivity contribution < 1.29 is 4.92 Å². The SMILES string of the molecule is C#CC(C)(C)Nc1ccc(C)cc1[N+](=O)[O-]. The standard InChI is InChI=1S/C12H14N2O2/c1-5-12(3,4)13-10-7-6-9(2)8-11(10)14(15)16/h1,6-8,13H,2-4H3. The number of terminal acetylenes is 1. The summed E-state index contributed by atoms with van der Waals surface area (Å²) in [5.74, 6) is 2.54. The molecule has 0 bridgehead atoms. The Labute approximate surface area is 94.8 Å². The molecule has 1 N–H and O–H groups in total. The zero-order chi connectivity index (χ0) is 12.3. The molecule has 0 aliphatic carbocycles. The van der Waals surface area contributed by atoms with Crippen molar-refractivity contribution in [1.29, 1.82) is 0 Å². The van der Waals surface area contributed by atoms with E-state index >= 15 is 0 Å². The van der Waals surface area contributed by atoms with Gasteiger partial charge in [-0.2, -0.15) is 0 Å². The van der Waals surface area contributed by atoms with Crippen LogP contribution in [0.5, 0.6) is 0 Å². The molecule has 0 radical (unpaired) electrons. The fourth-order valence-electron chi connectivity index (χ4n) is 1.27. The molecule has 0 aliphatic heterocycles. The number of rotatable bonds is 3. The molecule has 0 amide bonds. The fourth-order valence-corrected chi connectivity index (χ4v) is 1.27. The molecule has 1 aromatic rings. The molecule has 1 rings (SSSR count). The first kappa shape index (κ1) is 12.1. The van der Waals surface area contributed by atoms with Gasteiger partial charge in [0.2, 0.25) is 0 Å². The second kappa shape index (κ2) is 4.23. The summed E-state index contributed by atoms with van der Waals surface area (Å²) < 4.78 is 0. The first-order valence-electron chi connectivity index (χ1n) is 4.87. The van der Waals surface area contributed by atoms with Gasteiger partial charge in [-0.05, 0) is 32.4 Å². The zero-order valence-electron chi connectivity index (χ0n) is 9.57. The van der Waals surface area contributed by atoms with Crippen LogP contribution in [0.4, 0.5) is 11.4 Å². The van der Waals surface area contributed by atoms with E-state index in [-0.39, 0.29) is 5.69 Å². The van der Waals surface area contributed by atoms with Crippen LogP contribution < -0.4 is 5.32 Å². The van der Waals surface area contributed by atoms with Gasteiger partial charge in [-0.15, -0.1) is 6.42 Å². The summed E-state index contributed by atoms with van der Waals surface area (Å²) in [5.41, 5.74) is 0.720. The molecule has 0 heterocycles. The van der Waals surface area contributed by atoms with E-state index in [1.165, 1.54) is 6.07 Å². The van der Waals surface area contributed by atoms with Crippen LogP contribution in [0.3, 0.4) is 0 Å². The van der Waals surface area contributed by atoms with Crippen LogP contribution in [-0.2, 0) is 0 Å². The van der Waals surface area contributed by atoms with Crippen molar-refractivity contribution >= 4 is 11.4 Å². The van der Waals surface area contributed by atoms with Crippen LogP contribution in [0, 0.1) is 29.4 Å². The Balaban J connectivity index is 3.15. The van der Waals surface area contributed by atoms with Gasteiger partial charge in [0.05, 0.1) is 10.5 Å². The maximum atomic E-state index is 10.9. The fraction of sp³-hybridized carbons (Fsp3) is 0.333. The molecule has 0 aliphatic rings. The van der Waals surface area contributed by atoms with Gasteiger partial charge in [-0.1, -0.05) is 12.0 Å². The highest BCUT2D eigenvalue weighted by Gasteiger charge is 2.20. The normalized spacial score (nSPS) is 10.6. The van der Waals surface area contributed by atoms with Crippen molar-refractivity contribution in [2.24, 2.45) is 0 Å². The van der Waals surface area contributed by atoms with Gasteiger partial charge in [0.1, 0.15) is 5.69 Å². The molecule has 4 nitrogen and oxygen atoms in total. The molecular formula is C12H14N2O2. The van der Waals surface area contributed by atoms with Crippen LogP contribution in [0.2, 0.25) is 0 Å². The third-order valence-electron chi connectivity index (χ3n) is 2.16. The molecule has 16 heavy (non-hydrogen) atoms. The lowest BCUT2D eigenvalue weighted by molar-refractivity contribution is -0.384. The van der Waals surface area contributed by atoms with Crippen molar-refractivity contribution in [3.8, 4) is 12.3 Å². The number of hydrogen-bond acceptors (Lipinski definition) is 3. The number of nitro groups is 1. The van der Waals surface area contributed by atoms with Crippen LogP contribution >= 0.6 is 0 Å². The number of aryl methyl sites for hydroxylation is 1. The van der Waals surface area contributed by atoms with E-state index in [4.69, 9.17) is 6.42 Å². The van der Waals surface area contributed by atoms with Crippen molar-refractivity contribution in [2.75, 3.05) is 5.32 Å². The molecule has 0 spiro atoms. The Kier molecular flexibility index (Phi) is 3.19. The number of anilines is 1. The summed E-state index contributed by atoms with van der Waals surface area (Å²) in [6.07, 6.45) is 5.33. The van der Waals surface area contributed by atoms with Crippen molar-refractivity contribution in [3.05, 3.63) is 33.9 Å². The Morgan fingerprint density at radius 3 is 2.62 bits per heavy atom. The van der Waals surface area contributed by atoms with Crippen molar-refractivity contribution in [2.45, 2.75) is 26.3 Å². The highest BCUT2D eigenvalue weighted by Crippen LogP contribution is 2.27. The highest BCUT2D eigenvalue weighted by atomic mass is 16.6. The third-order valence-corrected chi connectivity index (χ3v) is 2.16. The molecule has 0 unspecified atom stereocenters. The zero-order valence-corrected chi connectivity index (χ0v) is 9.57. The lowest BCUT2D eigenvalue weighted by Crippen LogP contribution is -2.28. The van der Waals surface area contributed by atoms with Gasteiger partial charge in [0.15, 0.2) is 0 Å². The summed E-state index contributed by atoms with van der Waals surface area (Å²) in [4.78, 5) is 10.4. The maximum absolute atomic E-state index is 10.9. The predicted octanol–water partition coefficient (Wildman–Crippen LogP) is 2.73. The number of nitrogens with one attached hydrogen (secondary N) is 1. The molecule has 0 aromatic heterocycles. The Morgan fingerprint density at radius 2 is 2.12 bits per heavy atom. The van der Waals surface area contributed by atoms with E-state index in [1.807, 2.05) is 13.0 Å². The van der Waals surface area contributed by atoms with E-state index in [9.17, 15) is 10.1 Å². The van der Waals surface area contributed by atoms with Gasteiger partial charge in [0, 0.05) is 6.07 Å². The summed E-state index contributed by atoms with van der Waals surface area (Å²) >= 11 is 0. The molecule has 0 fully saturated rings. The van der Waals surface area contributed by atoms with Crippen LogP contribution in [0.25, 0.3) is 0 Å². The summed E-state index contributed by atoms with van der Waals surface area (Å²) in [6.45, 7) is 5.39. The van der Waals surface area contributed by atoms with E-state index in [0.29, 0.717) is 5.69 Å². The number of hydrogen-bond donors (Lipinski definition) is 1. The van der Waals surface area contributed by atoms with E-state index in [1.54, 1.807) is 19.9 Å². The topological polar surface area (TPSA) is 55.2 Å². The molecule has 1 aromatic carbocycles. The van der Waals surface area contributed by atoms with Crippen molar-refractivity contribution in [3.63, 3.8) is 0 Å². The highest BCUT2D eigenvalue weighted by molar-refractivity contribution is 5.64. The first-order chi connectivity index (χ1) is 7.35. The van der Waals surface area contributed by atoms with Gasteiger partial charge < -0.3 is 5.32 Å². The minimum absolute atomic E-state index is 0.0447. The van der Waals surface area contributed by atoms with Crippen LogP contribution in [-0.4, -0.2) is 10.5 Å². The van der Waals surface area contributed by atoms with Gasteiger partial charge in [0.25, 0.3) is 5.69 Å². The minimum Gasteiger partial charge on any atom is -0.364 e. The second-order valence-electron chi connectivity index (χ2n) is 4.17. The Bertz CT molecular complexity index is 459. The van der Waals surface area contributed by atoms with Crippen LogP contribution in [0.15, 0.2) is 18.2 Å². The second-order valence-corrected chi connectivity index (χ2v) is 4.17. The average Bonchev–Trinajstić information content (AvgIpc) is 2.20. The molecule has 0 atom stereocenters. The average molecular weight is 218 g/mol. The summed E-state index contributed by atoms with van der Waals surface area (Å²) in [6, 6.07) is 5.00. The number of nitrogens with zero attached hydrogens (tertiary/aromatic N) is 1. The van der Waals surface area contributed by atoms with Crippen LogP contribution in [0.1, 0.15) is 19.4 Å². The lowest BCUT2D eigenvalue weighted by Gasteiger charge is -2.20. The van der Waals surface area contributed by atoms with Gasteiger partial charge in [-0.25, -0.2) is 0 Å². The number of nitro benzene ring substituents is 1. The van der Waals surface area contributed by atoms with E-state index in [0.717, 1.165) is 5.56 Å². The lowest BCUT2D eigenvalue weighted by atomic mass is 10.1. The quantitative estimate of drug-likeness (QED) is 0.482. The van der Waals surface area contributed by atoms with Gasteiger partial charge >= 0.3 is 0 Å². The number of benzene rings is 1. The minimum atomic E-state index is -0.611. The third kappa shape index (κ3) is 2.74. The summed E-state index contributed by atoms with van der Waals surface area (Å²) in [7, 11) is 0. The largest absolute Gasteiger partial charge is 0.364 e. The molecule has 0 saturated heterocycles. The molecule has 0 saturated carbocycles. The Morgan fingerprint density at radius 1 is 1.50 bits per heavy atom. The Hall–Kier alpha value is -2.02. The predicted molar refractivity (Wildman–Crippen MR) is 64.4 cm³/mol. The van der Waals surface area contributed by atoms with Gasteiger partial charge in [-0.3, -0.25) is 10.1 Å². The molecular weight excluding hydrogens is 204 g/mol.